The van der Waals surface area contributed by atoms with Gasteiger partial charge in [0.05, 0.1) is 11.6 Å². The fourth-order valence-electron chi connectivity index (χ4n) is 3.01. The van der Waals surface area contributed by atoms with Gasteiger partial charge in [0.1, 0.15) is 5.82 Å². The summed E-state index contributed by atoms with van der Waals surface area (Å²) in [6.07, 6.45) is -0.932. The molecule has 1 atom stereocenters. The fourth-order valence-corrected chi connectivity index (χ4v) is 3.25. The second kappa shape index (κ2) is 9.98. The van der Waals surface area contributed by atoms with Crippen LogP contribution in [0.25, 0.3) is 0 Å². The lowest BCUT2D eigenvalue weighted by molar-refractivity contribution is -0.143. The minimum absolute atomic E-state index is 0.196. The van der Waals surface area contributed by atoms with Crippen LogP contribution in [-0.4, -0.2) is 74.9 Å². The molecule has 2 rings (SSSR count). The lowest BCUT2D eigenvalue weighted by Crippen LogP contribution is -2.45. The summed E-state index contributed by atoms with van der Waals surface area (Å²) >= 11 is 6.20. The number of nitrogens with zero attached hydrogens (tertiary/aromatic N) is 4. The van der Waals surface area contributed by atoms with Gasteiger partial charge >= 0.3 is 6.18 Å². The number of guanidine groups is 1. The van der Waals surface area contributed by atoms with Gasteiger partial charge in [-0.1, -0.05) is 11.6 Å². The van der Waals surface area contributed by atoms with Crippen molar-refractivity contribution in [1.29, 1.82) is 0 Å². The van der Waals surface area contributed by atoms with Crippen LogP contribution < -0.4 is 15.5 Å². The maximum atomic E-state index is 12.3. The molecule has 152 valence electrons. The number of nitrogens with one attached hydrogen (secondary N) is 2. The lowest BCUT2D eigenvalue weighted by Gasteiger charge is -2.21. The van der Waals surface area contributed by atoms with Gasteiger partial charge in [0.25, 0.3) is 0 Å². The molecule has 0 bridgehead atoms. The van der Waals surface area contributed by atoms with Gasteiger partial charge in [0.15, 0.2) is 5.96 Å². The van der Waals surface area contributed by atoms with Crippen LogP contribution in [0, 0.1) is 0 Å². The number of pyridine rings is 1. The highest BCUT2D eigenvalue weighted by molar-refractivity contribution is 6.32. The van der Waals surface area contributed by atoms with E-state index in [9.17, 15) is 13.2 Å². The van der Waals surface area contributed by atoms with E-state index < -0.39 is 12.7 Å². The molecule has 0 aromatic carbocycles. The Morgan fingerprint density at radius 2 is 2.26 bits per heavy atom. The fraction of sp³-hybridized carbons (Fsp3) is 0.647. The predicted molar refractivity (Wildman–Crippen MR) is 103 cm³/mol. The molecule has 1 fully saturated rings. The number of hydrogen-bond donors (Lipinski definition) is 2. The van der Waals surface area contributed by atoms with Crippen molar-refractivity contribution in [1.82, 2.24) is 20.5 Å². The molecule has 6 nitrogen and oxygen atoms in total. The molecule has 1 aromatic rings. The van der Waals surface area contributed by atoms with E-state index in [1.165, 1.54) is 11.9 Å². The molecule has 1 aliphatic heterocycles. The molecule has 2 N–H and O–H groups in total. The van der Waals surface area contributed by atoms with Crippen molar-refractivity contribution < 1.29 is 13.2 Å². The van der Waals surface area contributed by atoms with Gasteiger partial charge in [0, 0.05) is 38.9 Å². The van der Waals surface area contributed by atoms with Gasteiger partial charge in [-0.2, -0.15) is 13.2 Å². The largest absolute Gasteiger partial charge is 0.401 e. The Labute approximate surface area is 162 Å². The first-order chi connectivity index (χ1) is 12.8. The number of halogens is 4. The van der Waals surface area contributed by atoms with Crippen LogP contribution in [0.2, 0.25) is 5.02 Å². The molecule has 1 saturated heterocycles. The number of alkyl halides is 3. The van der Waals surface area contributed by atoms with Gasteiger partial charge in [-0.3, -0.25) is 9.89 Å². The van der Waals surface area contributed by atoms with Gasteiger partial charge in [0.2, 0.25) is 0 Å². The standard InChI is InChI=1S/C17H26ClF3N6/c1-22-16(24-8-4-9-26(2)12-17(19,20)21)25-13-6-10-27(11-13)15-14(18)5-3-7-23-15/h3,5,7,13H,4,6,8-12H2,1-2H3,(H2,22,24,25). The summed E-state index contributed by atoms with van der Waals surface area (Å²) < 4.78 is 36.9. The van der Waals surface area contributed by atoms with Crippen molar-refractivity contribution in [3.8, 4) is 0 Å². The highest BCUT2D eigenvalue weighted by atomic mass is 35.5. The third-order valence-electron chi connectivity index (χ3n) is 4.25. The van der Waals surface area contributed by atoms with Crippen molar-refractivity contribution in [3.05, 3.63) is 23.4 Å². The van der Waals surface area contributed by atoms with E-state index in [1.54, 1.807) is 19.3 Å². The van der Waals surface area contributed by atoms with Gasteiger partial charge in [-0.25, -0.2) is 4.98 Å². The van der Waals surface area contributed by atoms with E-state index in [-0.39, 0.29) is 6.04 Å². The van der Waals surface area contributed by atoms with Crippen LogP contribution in [0.15, 0.2) is 23.3 Å². The molecule has 2 heterocycles. The van der Waals surface area contributed by atoms with Gasteiger partial charge in [-0.15, -0.1) is 0 Å². The minimum atomic E-state index is -4.16. The second-order valence-corrected chi connectivity index (χ2v) is 7.00. The number of anilines is 1. The Balaban J connectivity index is 1.71. The molecule has 0 saturated carbocycles. The van der Waals surface area contributed by atoms with Crippen LogP contribution in [0.1, 0.15) is 12.8 Å². The summed E-state index contributed by atoms with van der Waals surface area (Å²) in [5, 5.41) is 7.12. The molecule has 1 aromatic heterocycles. The van der Waals surface area contributed by atoms with Crippen molar-refractivity contribution >= 4 is 23.4 Å². The van der Waals surface area contributed by atoms with Crippen molar-refractivity contribution in [2.45, 2.75) is 25.1 Å². The van der Waals surface area contributed by atoms with Crippen LogP contribution in [0.4, 0.5) is 19.0 Å². The van der Waals surface area contributed by atoms with E-state index in [1.807, 2.05) is 6.07 Å². The summed E-state index contributed by atoms with van der Waals surface area (Å²) in [6.45, 7) is 1.61. The zero-order chi connectivity index (χ0) is 19.9. The molecule has 10 heteroatoms. The van der Waals surface area contributed by atoms with Gasteiger partial charge in [-0.05, 0) is 38.6 Å². The zero-order valence-electron chi connectivity index (χ0n) is 15.6. The Morgan fingerprint density at radius 3 is 2.93 bits per heavy atom. The zero-order valence-corrected chi connectivity index (χ0v) is 16.3. The summed E-state index contributed by atoms with van der Waals surface area (Å²) in [7, 11) is 3.14. The Hall–Kier alpha value is -1.74. The Kier molecular flexibility index (Phi) is 7.97. The van der Waals surface area contributed by atoms with E-state index in [4.69, 9.17) is 11.6 Å². The highest BCUT2D eigenvalue weighted by Gasteiger charge is 2.29. The molecule has 0 spiro atoms. The average Bonchev–Trinajstić information content (AvgIpc) is 3.04. The molecule has 0 amide bonds. The molecular formula is C17H26ClF3N6. The van der Waals surface area contributed by atoms with Crippen LogP contribution in [0.3, 0.4) is 0 Å². The third kappa shape index (κ3) is 7.42. The van der Waals surface area contributed by atoms with Crippen molar-refractivity contribution in [3.63, 3.8) is 0 Å². The minimum Gasteiger partial charge on any atom is -0.356 e. The summed E-state index contributed by atoms with van der Waals surface area (Å²) in [4.78, 5) is 11.9. The summed E-state index contributed by atoms with van der Waals surface area (Å²) in [5.41, 5.74) is 0. The molecule has 1 unspecified atom stereocenters. The SMILES string of the molecule is CN=C(NCCCN(C)CC(F)(F)F)NC1CCN(c2ncccc2Cl)C1. The summed E-state index contributed by atoms with van der Waals surface area (Å²) in [5.74, 6) is 1.42. The predicted octanol–water partition coefficient (Wildman–Crippen LogP) is 2.36. The highest BCUT2D eigenvalue weighted by Crippen LogP contribution is 2.25. The van der Waals surface area contributed by atoms with Crippen LogP contribution >= 0.6 is 11.6 Å². The second-order valence-electron chi connectivity index (χ2n) is 6.59. The molecule has 27 heavy (non-hydrogen) atoms. The smallest absolute Gasteiger partial charge is 0.356 e. The topological polar surface area (TPSA) is 55.8 Å². The van der Waals surface area contributed by atoms with Crippen molar-refractivity contribution in [2.24, 2.45) is 4.99 Å². The molecule has 1 aliphatic rings. The molecule has 0 aliphatic carbocycles. The summed E-state index contributed by atoms with van der Waals surface area (Å²) in [6, 6.07) is 3.82. The number of hydrogen-bond acceptors (Lipinski definition) is 4. The Bertz CT molecular complexity index is 625. The van der Waals surface area contributed by atoms with Crippen LogP contribution in [-0.2, 0) is 0 Å². The number of rotatable bonds is 7. The maximum absolute atomic E-state index is 12.3. The number of aliphatic imine (C=N–C) groups is 1. The van der Waals surface area contributed by atoms with E-state index in [0.717, 1.165) is 25.3 Å². The van der Waals surface area contributed by atoms with Crippen molar-refractivity contribution in [2.75, 3.05) is 51.7 Å². The van der Waals surface area contributed by atoms with E-state index in [0.29, 0.717) is 30.5 Å². The molecule has 0 radical (unpaired) electrons. The first-order valence-electron chi connectivity index (χ1n) is 8.86. The first-order valence-corrected chi connectivity index (χ1v) is 9.24. The quantitative estimate of drug-likeness (QED) is 0.413. The Morgan fingerprint density at radius 1 is 1.48 bits per heavy atom. The monoisotopic (exact) mass is 406 g/mol. The lowest BCUT2D eigenvalue weighted by atomic mass is 10.3. The maximum Gasteiger partial charge on any atom is 0.401 e. The van der Waals surface area contributed by atoms with E-state index in [2.05, 4.69) is 25.5 Å². The number of aromatic nitrogens is 1. The third-order valence-corrected chi connectivity index (χ3v) is 4.54. The normalized spacial score (nSPS) is 18.3. The first kappa shape index (κ1) is 21.6. The van der Waals surface area contributed by atoms with Gasteiger partial charge < -0.3 is 15.5 Å². The van der Waals surface area contributed by atoms with E-state index >= 15 is 0 Å². The van der Waals surface area contributed by atoms with Crippen LogP contribution in [0.5, 0.6) is 0 Å². The average molecular weight is 407 g/mol. The molecular weight excluding hydrogens is 381 g/mol.